The van der Waals surface area contributed by atoms with Crippen molar-refractivity contribution < 1.29 is 17.9 Å². The second-order valence-electron chi connectivity index (χ2n) is 3.25. The topological polar surface area (TPSA) is 33.0 Å². The fraction of sp³-hybridized carbons (Fsp3) is 0.364. The molecule has 1 aromatic rings. The first kappa shape index (κ1) is 13.7. The van der Waals surface area contributed by atoms with Gasteiger partial charge in [-0.3, -0.25) is 0 Å². The smallest absolute Gasteiger partial charge is 0.416 e. The molecule has 1 aromatic carbocycles. The molecule has 0 aromatic heterocycles. The molecule has 0 unspecified atom stereocenters. The second kappa shape index (κ2) is 5.78. The summed E-state index contributed by atoms with van der Waals surface area (Å²) in [5.74, 6) is 0.192. The lowest BCUT2D eigenvalue weighted by molar-refractivity contribution is -0.137. The lowest BCUT2D eigenvalue weighted by Crippen LogP contribution is -2.05. The van der Waals surface area contributed by atoms with Crippen molar-refractivity contribution in [3.8, 4) is 11.8 Å². The summed E-state index contributed by atoms with van der Waals surface area (Å²) in [5, 5.41) is 8.20. The van der Waals surface area contributed by atoms with Crippen LogP contribution >= 0.6 is 11.6 Å². The molecule has 6 heteroatoms. The van der Waals surface area contributed by atoms with Gasteiger partial charge in [0.15, 0.2) is 0 Å². The average molecular weight is 264 g/mol. The van der Waals surface area contributed by atoms with Crippen LogP contribution in [0, 0.1) is 11.3 Å². The van der Waals surface area contributed by atoms with E-state index in [4.69, 9.17) is 21.6 Å². The maximum absolute atomic E-state index is 12.3. The third-order valence-corrected chi connectivity index (χ3v) is 2.25. The summed E-state index contributed by atoms with van der Waals surface area (Å²) in [5.41, 5.74) is -0.813. The second-order valence-corrected chi connectivity index (χ2v) is 3.66. The van der Waals surface area contributed by atoms with E-state index in [2.05, 4.69) is 0 Å². The van der Waals surface area contributed by atoms with Gasteiger partial charge in [-0.25, -0.2) is 0 Å². The normalized spacial score (nSPS) is 11.0. The molecule has 0 bridgehead atoms. The van der Waals surface area contributed by atoms with Gasteiger partial charge in [-0.1, -0.05) is 11.6 Å². The van der Waals surface area contributed by atoms with Crippen molar-refractivity contribution in [2.24, 2.45) is 0 Å². The zero-order valence-corrected chi connectivity index (χ0v) is 9.48. The quantitative estimate of drug-likeness (QED) is 0.768. The van der Waals surface area contributed by atoms with E-state index in [0.717, 1.165) is 12.1 Å². The van der Waals surface area contributed by atoms with Crippen molar-refractivity contribution in [3.05, 3.63) is 28.8 Å². The average Bonchev–Trinajstić information content (AvgIpc) is 2.24. The van der Waals surface area contributed by atoms with Gasteiger partial charge in [0, 0.05) is 6.42 Å². The van der Waals surface area contributed by atoms with Gasteiger partial charge in [0.05, 0.1) is 23.3 Å². The Morgan fingerprint density at radius 2 is 2.06 bits per heavy atom. The van der Waals surface area contributed by atoms with E-state index >= 15 is 0 Å². The molecule has 2 nitrogen and oxygen atoms in total. The molecule has 0 saturated carbocycles. The molecule has 0 aliphatic rings. The predicted molar refractivity (Wildman–Crippen MR) is 56.8 cm³/mol. The van der Waals surface area contributed by atoms with Crippen molar-refractivity contribution in [1.29, 1.82) is 5.26 Å². The number of halogens is 4. The monoisotopic (exact) mass is 263 g/mol. The molecule has 0 fully saturated rings. The minimum Gasteiger partial charge on any atom is -0.492 e. The van der Waals surface area contributed by atoms with E-state index in [1.54, 1.807) is 0 Å². The number of ether oxygens (including phenoxy) is 1. The third-order valence-electron chi connectivity index (χ3n) is 1.95. The molecule has 1 rings (SSSR count). The molecule has 0 spiro atoms. The zero-order chi connectivity index (χ0) is 12.9. The molecule has 0 aliphatic carbocycles. The van der Waals surface area contributed by atoms with Crippen LogP contribution in [0.3, 0.4) is 0 Å². The van der Waals surface area contributed by atoms with E-state index in [0.29, 0.717) is 12.8 Å². The summed E-state index contributed by atoms with van der Waals surface area (Å²) in [7, 11) is 0. The molecule has 17 heavy (non-hydrogen) atoms. The Bertz CT molecular complexity index is 426. The number of benzene rings is 1. The van der Waals surface area contributed by atoms with Gasteiger partial charge < -0.3 is 4.74 Å². The molecule has 0 N–H and O–H groups in total. The molecular formula is C11H9ClF3NO. The maximum Gasteiger partial charge on any atom is 0.416 e. The third kappa shape index (κ3) is 4.16. The highest BCUT2D eigenvalue weighted by atomic mass is 35.5. The van der Waals surface area contributed by atoms with Crippen LogP contribution in [0.5, 0.6) is 5.75 Å². The fourth-order valence-corrected chi connectivity index (χ4v) is 1.36. The molecule has 0 saturated heterocycles. The Kier molecular flexibility index (Phi) is 4.64. The van der Waals surface area contributed by atoms with Gasteiger partial charge in [0.2, 0.25) is 0 Å². The molecule has 0 atom stereocenters. The summed E-state index contributed by atoms with van der Waals surface area (Å²) in [6.07, 6.45) is -3.57. The summed E-state index contributed by atoms with van der Waals surface area (Å²) in [6, 6.07) is 4.84. The lowest BCUT2D eigenvalue weighted by Gasteiger charge is -2.10. The first-order valence-corrected chi connectivity index (χ1v) is 5.19. The first-order chi connectivity index (χ1) is 7.95. The van der Waals surface area contributed by atoms with Crippen molar-refractivity contribution in [2.45, 2.75) is 19.0 Å². The lowest BCUT2D eigenvalue weighted by atomic mass is 10.2. The highest BCUT2D eigenvalue weighted by molar-refractivity contribution is 6.32. The number of unbranched alkanes of at least 4 members (excludes halogenated alkanes) is 1. The minimum absolute atomic E-state index is 0.0863. The van der Waals surface area contributed by atoms with Crippen molar-refractivity contribution >= 4 is 11.6 Å². The number of hydrogen-bond acceptors (Lipinski definition) is 2. The maximum atomic E-state index is 12.3. The van der Waals surface area contributed by atoms with Gasteiger partial charge in [0.1, 0.15) is 5.75 Å². The summed E-state index contributed by atoms with van der Waals surface area (Å²) in [6.45, 7) is 0.249. The van der Waals surface area contributed by atoms with Gasteiger partial charge in [-0.15, -0.1) is 0 Å². The van der Waals surface area contributed by atoms with E-state index in [1.165, 1.54) is 6.07 Å². The Labute approximate surface area is 102 Å². The van der Waals surface area contributed by atoms with Crippen molar-refractivity contribution in [3.63, 3.8) is 0 Å². The van der Waals surface area contributed by atoms with Crippen LogP contribution in [0.4, 0.5) is 13.2 Å². The zero-order valence-electron chi connectivity index (χ0n) is 8.72. The van der Waals surface area contributed by atoms with E-state index in [9.17, 15) is 13.2 Å². The number of nitriles is 1. The SMILES string of the molecule is N#CCCCOc1ccc(C(F)(F)F)cc1Cl. The fourth-order valence-electron chi connectivity index (χ4n) is 1.13. The molecule has 0 aliphatic heterocycles. The summed E-state index contributed by atoms with van der Waals surface area (Å²) >= 11 is 5.66. The highest BCUT2D eigenvalue weighted by Gasteiger charge is 2.30. The van der Waals surface area contributed by atoms with E-state index in [-0.39, 0.29) is 17.4 Å². The van der Waals surface area contributed by atoms with Crippen LogP contribution in [0.15, 0.2) is 18.2 Å². The number of nitrogens with zero attached hydrogens (tertiary/aromatic N) is 1. The predicted octanol–water partition coefficient (Wildman–Crippen LogP) is 4.04. The van der Waals surface area contributed by atoms with Crippen LogP contribution in [0.25, 0.3) is 0 Å². The number of rotatable bonds is 4. The Balaban J connectivity index is 2.68. The Hall–Kier alpha value is -1.41. The van der Waals surface area contributed by atoms with E-state index in [1.807, 2.05) is 6.07 Å². The van der Waals surface area contributed by atoms with Gasteiger partial charge in [0.25, 0.3) is 0 Å². The Morgan fingerprint density at radius 1 is 1.35 bits per heavy atom. The standard InChI is InChI=1S/C11H9ClF3NO/c12-9-7-8(11(13,14)15)3-4-10(9)17-6-2-1-5-16/h3-4,7H,1-2,6H2. The molecule has 0 heterocycles. The molecule has 0 radical (unpaired) electrons. The summed E-state index contributed by atoms with van der Waals surface area (Å²) in [4.78, 5) is 0. The number of hydrogen-bond donors (Lipinski definition) is 0. The van der Waals surface area contributed by atoms with E-state index < -0.39 is 11.7 Å². The molecule has 92 valence electrons. The van der Waals surface area contributed by atoms with Gasteiger partial charge in [-0.2, -0.15) is 18.4 Å². The molecular weight excluding hydrogens is 255 g/mol. The largest absolute Gasteiger partial charge is 0.492 e. The van der Waals surface area contributed by atoms with Crippen LogP contribution in [0.2, 0.25) is 5.02 Å². The Morgan fingerprint density at radius 3 is 2.59 bits per heavy atom. The van der Waals surface area contributed by atoms with Crippen molar-refractivity contribution in [2.75, 3.05) is 6.61 Å². The summed E-state index contributed by atoms with van der Waals surface area (Å²) < 4.78 is 42.1. The highest BCUT2D eigenvalue weighted by Crippen LogP contribution is 2.34. The number of alkyl halides is 3. The van der Waals surface area contributed by atoms with Crippen molar-refractivity contribution in [1.82, 2.24) is 0 Å². The molecule has 0 amide bonds. The van der Waals surface area contributed by atoms with Crippen LogP contribution in [-0.4, -0.2) is 6.61 Å². The van der Waals surface area contributed by atoms with Crippen LogP contribution in [0.1, 0.15) is 18.4 Å². The van der Waals surface area contributed by atoms with Gasteiger partial charge >= 0.3 is 6.18 Å². The first-order valence-electron chi connectivity index (χ1n) is 4.81. The minimum atomic E-state index is -4.41. The van der Waals surface area contributed by atoms with Crippen LogP contribution in [-0.2, 0) is 6.18 Å². The van der Waals surface area contributed by atoms with Gasteiger partial charge in [-0.05, 0) is 24.6 Å². The van der Waals surface area contributed by atoms with Crippen LogP contribution < -0.4 is 4.74 Å².